The molecule has 1 aliphatic rings. The van der Waals surface area contributed by atoms with Crippen molar-refractivity contribution in [3.05, 3.63) is 63.4 Å². The van der Waals surface area contributed by atoms with Gasteiger partial charge in [0, 0.05) is 37.2 Å². The van der Waals surface area contributed by atoms with Gasteiger partial charge in [0.25, 0.3) is 0 Å². The first-order valence-electron chi connectivity index (χ1n) is 14.2. The number of azide groups is 1. The molecule has 2 N–H and O–H groups in total. The van der Waals surface area contributed by atoms with Gasteiger partial charge >= 0.3 is 5.97 Å². The van der Waals surface area contributed by atoms with E-state index in [4.69, 9.17) is 19.7 Å². The molecule has 0 radical (unpaired) electrons. The van der Waals surface area contributed by atoms with Gasteiger partial charge in [-0.3, -0.25) is 9.59 Å². The number of nitrogens with one attached hydrogen (secondary N) is 1. The number of ether oxygens (including phenoxy) is 3. The Kier molecular flexibility index (Phi) is 13.8. The third-order valence-corrected chi connectivity index (χ3v) is 6.85. The van der Waals surface area contributed by atoms with E-state index in [1.165, 1.54) is 22.6 Å². The fourth-order valence-electron chi connectivity index (χ4n) is 4.61. The topological polar surface area (TPSA) is 159 Å². The lowest BCUT2D eigenvalue weighted by atomic mass is 10.0. The van der Waals surface area contributed by atoms with Crippen LogP contribution in [0.1, 0.15) is 55.0 Å². The summed E-state index contributed by atoms with van der Waals surface area (Å²) in [5.41, 5.74) is 10.8. The molecule has 0 saturated carbocycles. The van der Waals surface area contributed by atoms with Crippen molar-refractivity contribution in [3.63, 3.8) is 0 Å². The summed E-state index contributed by atoms with van der Waals surface area (Å²) in [6.45, 7) is 2.42. The van der Waals surface area contributed by atoms with Crippen LogP contribution in [0, 0.1) is 5.82 Å². The van der Waals surface area contributed by atoms with Crippen LogP contribution in [0.4, 0.5) is 10.2 Å². The molecule has 228 valence electrons. The average Bonchev–Trinajstić information content (AvgIpc) is 2.99. The third-order valence-electron chi connectivity index (χ3n) is 6.85. The van der Waals surface area contributed by atoms with Crippen molar-refractivity contribution in [1.29, 1.82) is 0 Å². The summed E-state index contributed by atoms with van der Waals surface area (Å²) in [6.07, 6.45) is 4.17. The van der Waals surface area contributed by atoms with Gasteiger partial charge in [0.05, 0.1) is 38.9 Å². The number of pyridine rings is 1. The molecule has 1 amide bonds. The van der Waals surface area contributed by atoms with E-state index in [1.807, 2.05) is 6.07 Å². The van der Waals surface area contributed by atoms with Crippen LogP contribution in [0.3, 0.4) is 0 Å². The molecule has 12 nitrogen and oxygen atoms in total. The first-order valence-corrected chi connectivity index (χ1v) is 14.2. The van der Waals surface area contributed by atoms with Gasteiger partial charge in [-0.1, -0.05) is 17.2 Å². The lowest BCUT2D eigenvalue weighted by molar-refractivity contribution is -0.140. The maximum Gasteiger partial charge on any atom is 0.305 e. The quantitative estimate of drug-likeness (QED) is 0.104. The number of anilines is 1. The van der Waals surface area contributed by atoms with E-state index in [2.05, 4.69) is 26.4 Å². The number of amides is 1. The zero-order valence-corrected chi connectivity index (χ0v) is 24.0. The van der Waals surface area contributed by atoms with Crippen molar-refractivity contribution in [2.45, 2.75) is 51.0 Å². The largest absolute Gasteiger partial charge is 0.488 e. The second-order valence-corrected chi connectivity index (χ2v) is 9.88. The predicted octanol–water partition coefficient (Wildman–Crippen LogP) is 4.69. The Morgan fingerprint density at radius 3 is 2.71 bits per heavy atom. The van der Waals surface area contributed by atoms with Gasteiger partial charge in [0.2, 0.25) is 5.91 Å². The van der Waals surface area contributed by atoms with Crippen molar-refractivity contribution in [2.75, 3.05) is 58.5 Å². The fourth-order valence-corrected chi connectivity index (χ4v) is 4.61. The first-order chi connectivity index (χ1) is 20.4. The molecule has 1 unspecified atom stereocenters. The minimum absolute atomic E-state index is 0.00186. The van der Waals surface area contributed by atoms with Crippen LogP contribution in [0.15, 0.2) is 35.4 Å². The highest BCUT2D eigenvalue weighted by Crippen LogP contribution is 2.28. The van der Waals surface area contributed by atoms with Crippen LogP contribution in [0.2, 0.25) is 0 Å². The number of unbranched alkanes of at least 4 members (excludes halogenated alkanes) is 1. The van der Waals surface area contributed by atoms with Crippen molar-refractivity contribution < 1.29 is 33.3 Å². The number of aromatic nitrogens is 1. The smallest absolute Gasteiger partial charge is 0.305 e. The third kappa shape index (κ3) is 10.8. The summed E-state index contributed by atoms with van der Waals surface area (Å²) < 4.78 is 30.9. The summed E-state index contributed by atoms with van der Waals surface area (Å²) in [5.74, 6) is -1.00. The Morgan fingerprint density at radius 1 is 1.17 bits per heavy atom. The second-order valence-electron chi connectivity index (χ2n) is 9.88. The SMILES string of the molecule is CN(C(=O)CCCCc1ccc2c(n1)NCCC2)C(CC(=O)O)c1ccc(OCCOCCOCCN=[N+]=[N-])c(F)c1. The first kappa shape index (κ1) is 32.6. The molecule has 0 saturated heterocycles. The van der Waals surface area contributed by atoms with Gasteiger partial charge in [-0.2, -0.15) is 0 Å². The molecule has 2 heterocycles. The van der Waals surface area contributed by atoms with Crippen LogP contribution in [0.25, 0.3) is 10.4 Å². The molecular formula is C29H39FN6O6. The zero-order valence-electron chi connectivity index (χ0n) is 24.0. The van der Waals surface area contributed by atoms with Crippen LogP contribution in [-0.2, 0) is 31.9 Å². The van der Waals surface area contributed by atoms with E-state index in [-0.39, 0.29) is 44.3 Å². The number of rotatable bonds is 19. The Morgan fingerprint density at radius 2 is 1.95 bits per heavy atom. The molecular weight excluding hydrogens is 547 g/mol. The average molecular weight is 587 g/mol. The highest BCUT2D eigenvalue weighted by atomic mass is 19.1. The summed E-state index contributed by atoms with van der Waals surface area (Å²) in [5, 5.41) is 16.2. The number of benzene rings is 1. The number of fused-ring (bicyclic) bond motifs is 1. The Labute approximate surface area is 244 Å². The maximum absolute atomic E-state index is 14.8. The van der Waals surface area contributed by atoms with Crippen molar-refractivity contribution in [1.82, 2.24) is 9.88 Å². The van der Waals surface area contributed by atoms with E-state index >= 15 is 0 Å². The van der Waals surface area contributed by atoms with E-state index < -0.39 is 17.8 Å². The number of aryl methyl sites for hydroxylation is 2. The molecule has 1 aromatic heterocycles. The molecule has 1 aromatic carbocycles. The minimum atomic E-state index is -1.09. The molecule has 0 fully saturated rings. The number of hydrogen-bond donors (Lipinski definition) is 2. The molecule has 0 spiro atoms. The molecule has 0 bridgehead atoms. The standard InChI is InChI=1S/C29H39FN6O6/c1-36(27(37)7-3-2-6-23-10-8-21-5-4-12-32-29(21)34-23)25(20-28(38)39)22-9-11-26(24(30)19-22)42-18-17-41-16-15-40-14-13-33-35-31/h8-11,19,25H,2-7,12-18,20H2,1H3,(H,32,34)(H,38,39). The van der Waals surface area contributed by atoms with Crippen LogP contribution < -0.4 is 10.1 Å². The fraction of sp³-hybridized carbons (Fsp3) is 0.552. The Balaban J connectivity index is 1.44. The highest BCUT2D eigenvalue weighted by Gasteiger charge is 2.25. The summed E-state index contributed by atoms with van der Waals surface area (Å²) >= 11 is 0. The number of carboxylic acid groups (broad SMARTS) is 1. The van der Waals surface area contributed by atoms with Crippen molar-refractivity contribution in [3.8, 4) is 5.75 Å². The number of aliphatic carboxylic acids is 1. The van der Waals surface area contributed by atoms with E-state index in [0.29, 0.717) is 31.8 Å². The number of hydrogen-bond acceptors (Lipinski definition) is 8. The van der Waals surface area contributed by atoms with E-state index in [1.54, 1.807) is 13.1 Å². The Hall–Kier alpha value is -3.93. The number of carboxylic acids is 1. The molecule has 2 aromatic rings. The molecule has 42 heavy (non-hydrogen) atoms. The lowest BCUT2D eigenvalue weighted by Gasteiger charge is -2.28. The van der Waals surface area contributed by atoms with Gasteiger partial charge < -0.3 is 29.5 Å². The van der Waals surface area contributed by atoms with Gasteiger partial charge in [-0.05, 0) is 67.0 Å². The van der Waals surface area contributed by atoms with Crippen LogP contribution in [0.5, 0.6) is 5.75 Å². The monoisotopic (exact) mass is 586 g/mol. The zero-order chi connectivity index (χ0) is 30.2. The van der Waals surface area contributed by atoms with Crippen molar-refractivity contribution >= 4 is 17.7 Å². The summed E-state index contributed by atoms with van der Waals surface area (Å²) in [6, 6.07) is 7.53. The molecule has 13 heteroatoms. The van der Waals surface area contributed by atoms with Gasteiger partial charge in [-0.25, -0.2) is 9.37 Å². The van der Waals surface area contributed by atoms with E-state index in [0.717, 1.165) is 43.7 Å². The van der Waals surface area contributed by atoms with Crippen LogP contribution >= 0.6 is 0 Å². The predicted molar refractivity (Wildman–Crippen MR) is 154 cm³/mol. The van der Waals surface area contributed by atoms with Crippen LogP contribution in [-0.4, -0.2) is 80.0 Å². The summed E-state index contributed by atoms with van der Waals surface area (Å²) in [4.78, 5) is 33.2. The second kappa shape index (κ2) is 17.8. The van der Waals surface area contributed by atoms with Gasteiger partial charge in [-0.15, -0.1) is 0 Å². The Bertz CT molecular complexity index is 1230. The van der Waals surface area contributed by atoms with Gasteiger partial charge in [0.15, 0.2) is 11.6 Å². The summed E-state index contributed by atoms with van der Waals surface area (Å²) in [7, 11) is 1.55. The molecule has 3 rings (SSSR count). The number of carbonyl (C=O) groups is 2. The molecule has 0 aliphatic carbocycles. The lowest BCUT2D eigenvalue weighted by Crippen LogP contribution is -2.32. The normalized spacial score (nSPS) is 12.9. The van der Waals surface area contributed by atoms with E-state index in [9.17, 15) is 19.1 Å². The molecule has 1 aliphatic heterocycles. The van der Waals surface area contributed by atoms with Crippen molar-refractivity contribution in [2.24, 2.45) is 5.11 Å². The number of nitrogens with zero attached hydrogens (tertiary/aromatic N) is 5. The highest BCUT2D eigenvalue weighted by molar-refractivity contribution is 5.77. The molecule has 1 atom stereocenters. The van der Waals surface area contributed by atoms with Gasteiger partial charge in [0.1, 0.15) is 12.4 Å². The maximum atomic E-state index is 14.8. The number of halogens is 1. The number of carbonyl (C=O) groups excluding carboxylic acids is 1. The minimum Gasteiger partial charge on any atom is -0.488 e.